The van der Waals surface area contributed by atoms with Crippen LogP contribution in [0.5, 0.6) is 0 Å². The second kappa shape index (κ2) is 3.85. The van der Waals surface area contributed by atoms with E-state index < -0.39 is 0 Å². The van der Waals surface area contributed by atoms with Crippen LogP contribution in [0.2, 0.25) is 0 Å². The monoisotopic (exact) mass is 215 g/mol. The molecule has 0 spiro atoms. The fourth-order valence-electron chi connectivity index (χ4n) is 0.850. The van der Waals surface area contributed by atoms with E-state index in [1.165, 1.54) is 0 Å². The molecule has 11 heavy (non-hydrogen) atoms. The van der Waals surface area contributed by atoms with Crippen LogP contribution in [0.1, 0.15) is 18.5 Å². The molecule has 0 bridgehead atoms. The van der Waals surface area contributed by atoms with Crippen molar-refractivity contribution in [2.24, 2.45) is 0 Å². The van der Waals surface area contributed by atoms with Gasteiger partial charge in [-0.1, -0.05) is 28.1 Å². The Balaban J connectivity index is 2.86. The van der Waals surface area contributed by atoms with Gasteiger partial charge in [0.1, 0.15) is 0 Å². The molecule has 0 fully saturated rings. The highest BCUT2D eigenvalue weighted by Gasteiger charge is 2.01. The van der Waals surface area contributed by atoms with Gasteiger partial charge in [0.25, 0.3) is 0 Å². The van der Waals surface area contributed by atoms with Gasteiger partial charge < -0.3 is 5.21 Å². The number of hydrogen-bond acceptors (Lipinski definition) is 2. The van der Waals surface area contributed by atoms with Crippen molar-refractivity contribution in [3.05, 3.63) is 34.3 Å². The van der Waals surface area contributed by atoms with Crippen molar-refractivity contribution in [2.45, 2.75) is 13.0 Å². The predicted octanol–water partition coefficient (Wildman–Crippen LogP) is 2.49. The van der Waals surface area contributed by atoms with Crippen molar-refractivity contribution in [3.63, 3.8) is 0 Å². The molecular weight excluding hydrogens is 206 g/mol. The van der Waals surface area contributed by atoms with Crippen LogP contribution in [0.4, 0.5) is 0 Å². The first-order valence-electron chi connectivity index (χ1n) is 3.39. The van der Waals surface area contributed by atoms with Gasteiger partial charge in [0.05, 0.1) is 6.04 Å². The molecule has 0 amide bonds. The summed E-state index contributed by atoms with van der Waals surface area (Å²) in [6.07, 6.45) is 0. The molecule has 1 rings (SSSR count). The Morgan fingerprint density at radius 1 is 1.55 bits per heavy atom. The van der Waals surface area contributed by atoms with E-state index in [9.17, 15) is 0 Å². The molecule has 0 radical (unpaired) electrons. The normalized spacial score (nSPS) is 13.0. The van der Waals surface area contributed by atoms with Crippen molar-refractivity contribution in [3.8, 4) is 0 Å². The zero-order chi connectivity index (χ0) is 8.27. The van der Waals surface area contributed by atoms with Crippen molar-refractivity contribution in [2.75, 3.05) is 0 Å². The lowest BCUT2D eigenvalue weighted by atomic mass is 10.1. The average molecular weight is 216 g/mol. The van der Waals surface area contributed by atoms with Crippen LogP contribution in [0.3, 0.4) is 0 Å². The smallest absolute Gasteiger partial charge is 0.0541 e. The van der Waals surface area contributed by atoms with Gasteiger partial charge in [-0.05, 0) is 24.6 Å². The van der Waals surface area contributed by atoms with E-state index in [1.54, 1.807) is 0 Å². The molecule has 2 nitrogen and oxygen atoms in total. The first-order chi connectivity index (χ1) is 5.24. The van der Waals surface area contributed by atoms with Gasteiger partial charge in [-0.2, -0.15) is 5.48 Å². The largest absolute Gasteiger partial charge is 0.316 e. The summed E-state index contributed by atoms with van der Waals surface area (Å²) in [6, 6.07) is 7.79. The molecule has 2 N–H and O–H groups in total. The Labute approximate surface area is 74.3 Å². The van der Waals surface area contributed by atoms with Crippen molar-refractivity contribution >= 4 is 15.9 Å². The number of nitrogens with one attached hydrogen (secondary N) is 1. The van der Waals surface area contributed by atoms with Crippen LogP contribution in [0.25, 0.3) is 0 Å². The van der Waals surface area contributed by atoms with Gasteiger partial charge in [-0.25, -0.2) is 0 Å². The van der Waals surface area contributed by atoms with E-state index in [0.29, 0.717) is 0 Å². The standard InChI is InChI=1S/C8H10BrNO/c1-6(10-11)7-3-2-4-8(9)5-7/h2-6,10-11H,1H3/t6-/m0/s1. The van der Waals surface area contributed by atoms with Crippen LogP contribution in [-0.2, 0) is 0 Å². The van der Waals surface area contributed by atoms with Gasteiger partial charge in [-0.3, -0.25) is 0 Å². The van der Waals surface area contributed by atoms with Crippen LogP contribution in [0, 0.1) is 0 Å². The number of hydroxylamine groups is 1. The predicted molar refractivity (Wildman–Crippen MR) is 47.5 cm³/mol. The third-order valence-corrected chi connectivity index (χ3v) is 2.04. The van der Waals surface area contributed by atoms with Crippen LogP contribution in [-0.4, -0.2) is 5.21 Å². The summed E-state index contributed by atoms with van der Waals surface area (Å²) < 4.78 is 1.03. The molecule has 0 saturated heterocycles. The minimum absolute atomic E-state index is 0.0208. The van der Waals surface area contributed by atoms with E-state index in [4.69, 9.17) is 5.21 Å². The molecule has 0 heterocycles. The Morgan fingerprint density at radius 3 is 2.82 bits per heavy atom. The molecule has 60 valence electrons. The summed E-state index contributed by atoms with van der Waals surface area (Å²) >= 11 is 3.35. The summed E-state index contributed by atoms with van der Waals surface area (Å²) in [5.41, 5.74) is 3.24. The van der Waals surface area contributed by atoms with E-state index in [-0.39, 0.29) is 6.04 Å². The van der Waals surface area contributed by atoms with Crippen LogP contribution < -0.4 is 5.48 Å². The summed E-state index contributed by atoms with van der Waals surface area (Å²) in [7, 11) is 0. The van der Waals surface area contributed by atoms with Crippen LogP contribution in [0.15, 0.2) is 28.7 Å². The molecule has 0 aromatic heterocycles. The fraction of sp³-hybridized carbons (Fsp3) is 0.250. The maximum atomic E-state index is 8.61. The summed E-state index contributed by atoms with van der Waals surface area (Å²) in [5, 5.41) is 8.61. The van der Waals surface area contributed by atoms with E-state index in [1.807, 2.05) is 31.2 Å². The van der Waals surface area contributed by atoms with E-state index in [2.05, 4.69) is 21.4 Å². The van der Waals surface area contributed by atoms with E-state index >= 15 is 0 Å². The second-order valence-corrected chi connectivity index (χ2v) is 3.32. The van der Waals surface area contributed by atoms with Crippen LogP contribution >= 0.6 is 15.9 Å². The highest BCUT2D eigenvalue weighted by molar-refractivity contribution is 9.10. The van der Waals surface area contributed by atoms with Gasteiger partial charge >= 0.3 is 0 Å². The molecule has 1 aromatic carbocycles. The molecule has 1 aromatic rings. The highest BCUT2D eigenvalue weighted by atomic mass is 79.9. The highest BCUT2D eigenvalue weighted by Crippen LogP contribution is 2.16. The Kier molecular flexibility index (Phi) is 3.05. The third kappa shape index (κ3) is 2.29. The van der Waals surface area contributed by atoms with Gasteiger partial charge in [0, 0.05) is 4.47 Å². The molecule has 3 heteroatoms. The van der Waals surface area contributed by atoms with Gasteiger partial charge in [0.2, 0.25) is 0 Å². The topological polar surface area (TPSA) is 32.3 Å². The number of halogens is 1. The lowest BCUT2D eigenvalue weighted by molar-refractivity contribution is 0.133. The summed E-state index contributed by atoms with van der Waals surface area (Å²) in [5.74, 6) is 0. The lowest BCUT2D eigenvalue weighted by Crippen LogP contribution is -2.12. The maximum absolute atomic E-state index is 8.61. The Hall–Kier alpha value is -0.380. The second-order valence-electron chi connectivity index (χ2n) is 2.41. The third-order valence-electron chi connectivity index (χ3n) is 1.54. The quantitative estimate of drug-likeness (QED) is 0.744. The molecule has 0 unspecified atom stereocenters. The Bertz CT molecular complexity index is 239. The van der Waals surface area contributed by atoms with Gasteiger partial charge in [-0.15, -0.1) is 0 Å². The number of rotatable bonds is 2. The molecule has 0 aliphatic heterocycles. The summed E-state index contributed by atoms with van der Waals surface area (Å²) in [6.45, 7) is 1.89. The Morgan fingerprint density at radius 2 is 2.27 bits per heavy atom. The lowest BCUT2D eigenvalue weighted by Gasteiger charge is -2.08. The summed E-state index contributed by atoms with van der Waals surface area (Å²) in [4.78, 5) is 0. The molecular formula is C8H10BrNO. The maximum Gasteiger partial charge on any atom is 0.0541 e. The number of benzene rings is 1. The first-order valence-corrected chi connectivity index (χ1v) is 4.18. The minimum Gasteiger partial charge on any atom is -0.316 e. The van der Waals surface area contributed by atoms with E-state index in [0.717, 1.165) is 10.0 Å². The number of hydrogen-bond donors (Lipinski definition) is 2. The van der Waals surface area contributed by atoms with Gasteiger partial charge in [0.15, 0.2) is 0 Å². The average Bonchev–Trinajstić information content (AvgIpc) is 2.03. The zero-order valence-corrected chi connectivity index (χ0v) is 7.80. The molecule has 0 aliphatic rings. The zero-order valence-electron chi connectivity index (χ0n) is 6.21. The first kappa shape index (κ1) is 8.71. The van der Waals surface area contributed by atoms with Crippen molar-refractivity contribution in [1.29, 1.82) is 0 Å². The molecule has 1 atom stereocenters. The fourth-order valence-corrected chi connectivity index (χ4v) is 1.27. The molecule has 0 aliphatic carbocycles. The SMILES string of the molecule is C[C@H](NO)c1cccc(Br)c1. The van der Waals surface area contributed by atoms with Crippen molar-refractivity contribution in [1.82, 2.24) is 5.48 Å². The molecule has 0 saturated carbocycles. The minimum atomic E-state index is -0.0208. The van der Waals surface area contributed by atoms with Crippen molar-refractivity contribution < 1.29 is 5.21 Å².